The van der Waals surface area contributed by atoms with Gasteiger partial charge in [0, 0.05) is 24.2 Å². The summed E-state index contributed by atoms with van der Waals surface area (Å²) in [6.45, 7) is 0. The molecule has 0 saturated carbocycles. The zero-order valence-electron chi connectivity index (χ0n) is 10.9. The van der Waals surface area contributed by atoms with Crippen molar-refractivity contribution in [1.82, 2.24) is 5.32 Å². The van der Waals surface area contributed by atoms with Crippen LogP contribution in [0.25, 0.3) is 0 Å². The Hall–Kier alpha value is -1.42. The normalized spacial score (nSPS) is 29.2. The maximum absolute atomic E-state index is 13.0. The van der Waals surface area contributed by atoms with Crippen molar-refractivity contribution in [2.45, 2.75) is 44.2 Å². The standard InChI is InChI=1S/C15H19FN2O/c16-11-2-1-3-12(9-11)18-15(19)8-10-6-13-4-5-14(7-10)17-13/h1-3,9-10,13-14,17H,4-8H2,(H,18,19). The summed E-state index contributed by atoms with van der Waals surface area (Å²) in [5.74, 6) is 0.141. The van der Waals surface area contributed by atoms with Crippen molar-refractivity contribution in [1.29, 1.82) is 0 Å². The molecule has 2 aliphatic rings. The van der Waals surface area contributed by atoms with Gasteiger partial charge >= 0.3 is 0 Å². The van der Waals surface area contributed by atoms with E-state index in [9.17, 15) is 9.18 Å². The van der Waals surface area contributed by atoms with Gasteiger partial charge in [0.05, 0.1) is 0 Å². The lowest BCUT2D eigenvalue weighted by Gasteiger charge is -2.28. The molecule has 1 aromatic rings. The van der Waals surface area contributed by atoms with Gasteiger partial charge in [0.2, 0.25) is 5.91 Å². The van der Waals surface area contributed by atoms with E-state index >= 15 is 0 Å². The van der Waals surface area contributed by atoms with Crippen LogP contribution in [0.2, 0.25) is 0 Å². The fourth-order valence-electron chi connectivity index (χ4n) is 3.38. The van der Waals surface area contributed by atoms with Gasteiger partial charge in [-0.15, -0.1) is 0 Å². The minimum absolute atomic E-state index is 0.00287. The molecule has 2 fully saturated rings. The first kappa shape index (κ1) is 12.6. The van der Waals surface area contributed by atoms with Gasteiger partial charge in [-0.25, -0.2) is 4.39 Å². The predicted octanol–water partition coefficient (Wildman–Crippen LogP) is 2.68. The molecule has 2 unspecified atom stereocenters. The highest BCUT2D eigenvalue weighted by atomic mass is 19.1. The molecule has 1 amide bonds. The van der Waals surface area contributed by atoms with Crippen LogP contribution in [0.3, 0.4) is 0 Å². The lowest BCUT2D eigenvalue weighted by atomic mass is 9.89. The summed E-state index contributed by atoms with van der Waals surface area (Å²) >= 11 is 0. The van der Waals surface area contributed by atoms with Crippen LogP contribution in [0.15, 0.2) is 24.3 Å². The first-order valence-electron chi connectivity index (χ1n) is 7.00. The number of anilines is 1. The van der Waals surface area contributed by atoms with Crippen molar-refractivity contribution < 1.29 is 9.18 Å². The molecule has 102 valence electrons. The molecule has 1 aromatic carbocycles. The molecule has 0 spiro atoms. The van der Waals surface area contributed by atoms with Crippen LogP contribution in [0, 0.1) is 11.7 Å². The Balaban J connectivity index is 1.54. The van der Waals surface area contributed by atoms with Crippen molar-refractivity contribution >= 4 is 11.6 Å². The van der Waals surface area contributed by atoms with E-state index in [-0.39, 0.29) is 11.7 Å². The zero-order valence-corrected chi connectivity index (χ0v) is 10.9. The number of hydrogen-bond acceptors (Lipinski definition) is 2. The lowest BCUT2D eigenvalue weighted by molar-refractivity contribution is -0.117. The molecule has 0 aromatic heterocycles. The van der Waals surface area contributed by atoms with E-state index < -0.39 is 0 Å². The Morgan fingerprint density at radius 3 is 2.74 bits per heavy atom. The maximum atomic E-state index is 13.0. The second-order valence-corrected chi connectivity index (χ2v) is 5.74. The molecule has 3 rings (SSSR count). The molecule has 2 bridgehead atoms. The van der Waals surface area contributed by atoms with Gasteiger partial charge in [0.1, 0.15) is 5.82 Å². The van der Waals surface area contributed by atoms with E-state index in [2.05, 4.69) is 10.6 Å². The van der Waals surface area contributed by atoms with Gasteiger partial charge in [-0.05, 0) is 49.8 Å². The quantitative estimate of drug-likeness (QED) is 0.879. The van der Waals surface area contributed by atoms with Crippen LogP contribution < -0.4 is 10.6 Å². The number of amides is 1. The summed E-state index contributed by atoms with van der Waals surface area (Å²) < 4.78 is 13.0. The third-order valence-electron chi connectivity index (χ3n) is 4.15. The van der Waals surface area contributed by atoms with Crippen molar-refractivity contribution in [2.75, 3.05) is 5.32 Å². The summed E-state index contributed by atoms with van der Waals surface area (Å²) in [4.78, 5) is 12.0. The molecular formula is C15H19FN2O. The third-order valence-corrected chi connectivity index (χ3v) is 4.15. The average molecular weight is 262 g/mol. The Bertz CT molecular complexity index is 465. The molecular weight excluding hydrogens is 243 g/mol. The molecule has 2 atom stereocenters. The maximum Gasteiger partial charge on any atom is 0.224 e. The molecule has 19 heavy (non-hydrogen) atoms. The Morgan fingerprint density at radius 2 is 2.05 bits per heavy atom. The summed E-state index contributed by atoms with van der Waals surface area (Å²) in [5, 5.41) is 6.35. The fraction of sp³-hybridized carbons (Fsp3) is 0.533. The number of carbonyl (C=O) groups excluding carboxylic acids is 1. The van der Waals surface area contributed by atoms with Crippen LogP contribution >= 0.6 is 0 Å². The highest BCUT2D eigenvalue weighted by molar-refractivity contribution is 5.90. The number of rotatable bonds is 3. The van der Waals surface area contributed by atoms with E-state index in [1.165, 1.54) is 25.0 Å². The first-order chi connectivity index (χ1) is 9.19. The number of nitrogens with one attached hydrogen (secondary N) is 2. The molecule has 2 aliphatic heterocycles. The van der Waals surface area contributed by atoms with Gasteiger partial charge in [-0.2, -0.15) is 0 Å². The highest BCUT2D eigenvalue weighted by Gasteiger charge is 2.34. The predicted molar refractivity (Wildman–Crippen MR) is 72.3 cm³/mol. The summed E-state index contributed by atoms with van der Waals surface area (Å²) in [6.07, 6.45) is 5.21. The number of halogens is 1. The molecule has 0 radical (unpaired) electrons. The number of carbonyl (C=O) groups is 1. The summed E-state index contributed by atoms with van der Waals surface area (Å²) in [7, 11) is 0. The highest BCUT2D eigenvalue weighted by Crippen LogP contribution is 2.32. The fourth-order valence-corrected chi connectivity index (χ4v) is 3.38. The van der Waals surface area contributed by atoms with Crippen LogP contribution in [0.5, 0.6) is 0 Å². The monoisotopic (exact) mass is 262 g/mol. The summed E-state index contributed by atoms with van der Waals surface area (Å²) in [6, 6.07) is 7.25. The Morgan fingerprint density at radius 1 is 1.32 bits per heavy atom. The van der Waals surface area contributed by atoms with Crippen LogP contribution in [0.4, 0.5) is 10.1 Å². The van der Waals surface area contributed by atoms with E-state index in [0.717, 1.165) is 12.8 Å². The SMILES string of the molecule is O=C(CC1CC2CCC(C1)N2)Nc1cccc(F)c1. The smallest absolute Gasteiger partial charge is 0.224 e. The van der Waals surface area contributed by atoms with Crippen molar-refractivity contribution in [2.24, 2.45) is 5.92 Å². The van der Waals surface area contributed by atoms with Gasteiger partial charge in [-0.1, -0.05) is 6.07 Å². The van der Waals surface area contributed by atoms with Gasteiger partial charge < -0.3 is 10.6 Å². The number of fused-ring (bicyclic) bond motifs is 2. The van der Waals surface area contributed by atoms with Crippen LogP contribution in [-0.4, -0.2) is 18.0 Å². The largest absolute Gasteiger partial charge is 0.326 e. The van der Waals surface area contributed by atoms with Crippen molar-refractivity contribution in [3.05, 3.63) is 30.1 Å². The second-order valence-electron chi connectivity index (χ2n) is 5.74. The molecule has 3 nitrogen and oxygen atoms in total. The third kappa shape index (κ3) is 3.13. The topological polar surface area (TPSA) is 41.1 Å². The van der Waals surface area contributed by atoms with Crippen LogP contribution in [-0.2, 0) is 4.79 Å². The van der Waals surface area contributed by atoms with Gasteiger partial charge in [0.25, 0.3) is 0 Å². The zero-order chi connectivity index (χ0) is 13.2. The van der Waals surface area contributed by atoms with E-state index in [0.29, 0.717) is 30.1 Å². The van der Waals surface area contributed by atoms with Crippen molar-refractivity contribution in [3.8, 4) is 0 Å². The number of piperidine rings is 1. The summed E-state index contributed by atoms with van der Waals surface area (Å²) in [5.41, 5.74) is 0.543. The molecule has 2 heterocycles. The minimum atomic E-state index is -0.322. The number of benzene rings is 1. The van der Waals surface area contributed by atoms with Gasteiger partial charge in [0.15, 0.2) is 0 Å². The van der Waals surface area contributed by atoms with E-state index in [4.69, 9.17) is 0 Å². The second kappa shape index (κ2) is 5.29. The lowest BCUT2D eigenvalue weighted by Crippen LogP contribution is -2.39. The van der Waals surface area contributed by atoms with Crippen molar-refractivity contribution in [3.63, 3.8) is 0 Å². The number of hydrogen-bond donors (Lipinski definition) is 2. The van der Waals surface area contributed by atoms with Crippen LogP contribution in [0.1, 0.15) is 32.1 Å². The molecule has 0 aliphatic carbocycles. The van der Waals surface area contributed by atoms with Gasteiger partial charge in [-0.3, -0.25) is 4.79 Å². The average Bonchev–Trinajstić information content (AvgIpc) is 2.68. The first-order valence-corrected chi connectivity index (χ1v) is 7.00. The molecule has 4 heteroatoms. The minimum Gasteiger partial charge on any atom is -0.326 e. The Kier molecular flexibility index (Phi) is 3.51. The molecule has 2 saturated heterocycles. The molecule has 2 N–H and O–H groups in total. The Labute approximate surface area is 112 Å². The van der Waals surface area contributed by atoms with E-state index in [1.54, 1.807) is 12.1 Å². The van der Waals surface area contributed by atoms with E-state index in [1.807, 2.05) is 0 Å².